The number of imidazole rings is 1. The Labute approximate surface area is 283 Å². The Morgan fingerprint density at radius 2 is 1.86 bits per heavy atom. The minimum Gasteiger partial charge on any atom is -0.479 e. The Morgan fingerprint density at radius 1 is 1.16 bits per heavy atom. The molecule has 18 heteroatoms. The van der Waals surface area contributed by atoms with E-state index in [0.29, 0.717) is 17.0 Å². The lowest BCUT2D eigenvalue weighted by atomic mass is 9.96. The molecule has 0 saturated carbocycles. The third-order valence-corrected chi connectivity index (χ3v) is 9.13. The average Bonchev–Trinajstić information content (AvgIpc) is 3.53. The number of esters is 1. The van der Waals surface area contributed by atoms with Crippen LogP contribution in [0, 0.1) is 18.7 Å². The van der Waals surface area contributed by atoms with E-state index in [4.69, 9.17) is 23.3 Å². The van der Waals surface area contributed by atoms with Gasteiger partial charge in [0.05, 0.1) is 39.2 Å². The number of rotatable bonds is 16. The molecular weight excluding hydrogens is 666 g/mol. The SMILES string of the molecule is COc1nc(C)nc2c1ncn2[C@@H]1O[C@H](COP(=O)(N[C@@H](CC(C)C)C(=O)OC(C)C)OCCC(=O)Nc2ccc(F)cc2)C(O)[C@]1(C)O. The quantitative estimate of drug-likeness (QED) is 0.124. The zero-order valence-electron chi connectivity index (χ0n) is 28.5. The van der Waals surface area contributed by atoms with Gasteiger partial charge >= 0.3 is 13.7 Å². The van der Waals surface area contributed by atoms with Gasteiger partial charge in [0.1, 0.15) is 35.5 Å². The number of carbonyl (C=O) groups is 2. The summed E-state index contributed by atoms with van der Waals surface area (Å²) in [5.74, 6) is -1.14. The minimum absolute atomic E-state index is 0.0425. The summed E-state index contributed by atoms with van der Waals surface area (Å²) < 4.78 is 56.9. The molecule has 2 aromatic heterocycles. The van der Waals surface area contributed by atoms with E-state index in [1.807, 2.05) is 13.8 Å². The molecule has 4 rings (SSSR count). The average molecular weight is 711 g/mol. The summed E-state index contributed by atoms with van der Waals surface area (Å²) in [5.41, 5.74) is -0.988. The highest BCUT2D eigenvalue weighted by Crippen LogP contribution is 2.47. The van der Waals surface area contributed by atoms with Gasteiger partial charge in [-0.15, -0.1) is 0 Å². The number of ether oxygens (including phenoxy) is 3. The van der Waals surface area contributed by atoms with Crippen molar-refractivity contribution in [1.29, 1.82) is 0 Å². The first-order valence-corrected chi connectivity index (χ1v) is 17.3. The van der Waals surface area contributed by atoms with E-state index in [0.717, 1.165) is 0 Å². The molecule has 1 aromatic carbocycles. The molecule has 2 unspecified atom stereocenters. The Morgan fingerprint density at radius 3 is 2.49 bits per heavy atom. The number of nitrogens with zero attached hydrogens (tertiary/aromatic N) is 4. The van der Waals surface area contributed by atoms with Crippen molar-refractivity contribution in [3.63, 3.8) is 0 Å². The molecule has 0 radical (unpaired) electrons. The van der Waals surface area contributed by atoms with E-state index in [1.165, 1.54) is 49.2 Å². The van der Waals surface area contributed by atoms with Crippen molar-refractivity contribution in [3.05, 3.63) is 42.2 Å². The van der Waals surface area contributed by atoms with Crippen molar-refractivity contribution in [2.24, 2.45) is 5.92 Å². The molecule has 3 aromatic rings. The van der Waals surface area contributed by atoms with Crippen LogP contribution in [0.3, 0.4) is 0 Å². The van der Waals surface area contributed by atoms with Gasteiger partial charge in [0, 0.05) is 5.69 Å². The molecule has 3 heterocycles. The maximum Gasteiger partial charge on any atom is 0.406 e. The van der Waals surface area contributed by atoms with Crippen molar-refractivity contribution >= 4 is 36.5 Å². The fourth-order valence-corrected chi connectivity index (χ4v) is 6.65. The summed E-state index contributed by atoms with van der Waals surface area (Å²) in [6, 6.07) is 4.01. The van der Waals surface area contributed by atoms with E-state index >= 15 is 0 Å². The van der Waals surface area contributed by atoms with Crippen molar-refractivity contribution < 1.29 is 52.0 Å². The monoisotopic (exact) mass is 710 g/mol. The molecule has 49 heavy (non-hydrogen) atoms. The summed E-state index contributed by atoms with van der Waals surface area (Å²) >= 11 is 0. The number of benzene rings is 1. The second-order valence-corrected chi connectivity index (χ2v) is 14.3. The lowest BCUT2D eigenvalue weighted by molar-refractivity contribution is -0.150. The van der Waals surface area contributed by atoms with Crippen molar-refractivity contribution in [1.82, 2.24) is 24.6 Å². The number of methoxy groups -OCH3 is 1. The predicted octanol–water partition coefficient (Wildman–Crippen LogP) is 3.42. The van der Waals surface area contributed by atoms with Gasteiger partial charge in [0.15, 0.2) is 17.4 Å². The van der Waals surface area contributed by atoms with E-state index in [1.54, 1.807) is 20.8 Å². The molecule has 0 spiro atoms. The van der Waals surface area contributed by atoms with Gasteiger partial charge < -0.3 is 29.7 Å². The molecule has 270 valence electrons. The van der Waals surface area contributed by atoms with Gasteiger partial charge in [-0.2, -0.15) is 4.98 Å². The molecule has 6 atom stereocenters. The lowest BCUT2D eigenvalue weighted by Gasteiger charge is -2.28. The molecule has 4 N–H and O–H groups in total. The van der Waals surface area contributed by atoms with Gasteiger partial charge in [-0.05, 0) is 64.3 Å². The second-order valence-electron chi connectivity index (χ2n) is 12.5. The fraction of sp³-hybridized carbons (Fsp3) is 0.581. The van der Waals surface area contributed by atoms with Crippen LogP contribution in [0.15, 0.2) is 30.6 Å². The number of fused-ring (bicyclic) bond motifs is 1. The maximum atomic E-state index is 14.2. The molecule has 1 aliphatic heterocycles. The van der Waals surface area contributed by atoms with Crippen LogP contribution in [0.5, 0.6) is 5.88 Å². The number of hydrogen-bond donors (Lipinski definition) is 4. The number of anilines is 1. The van der Waals surface area contributed by atoms with Crippen LogP contribution >= 0.6 is 7.75 Å². The standard InChI is InChI=1S/C31H44FN6O10P/c1-17(2)14-22(29(41)47-18(3)4)37-49(43,45-13-12-24(39)36-21-10-8-20(32)9-11-21)46-15-23-26(40)31(6,42)30(48-23)38-16-33-25-27(38)34-19(5)35-28(25)44-7/h8-11,16-18,22-23,26,30,40,42H,12-15H2,1-7H3,(H,36,39)(H,37,43)/t22-,23+,26?,30+,31-,49?/m0/s1. The number of aliphatic hydroxyl groups is 2. The van der Waals surface area contributed by atoms with Gasteiger partial charge in [0.2, 0.25) is 11.8 Å². The second kappa shape index (κ2) is 16.0. The van der Waals surface area contributed by atoms with Crippen LogP contribution in [0.25, 0.3) is 11.2 Å². The summed E-state index contributed by atoms with van der Waals surface area (Å²) in [7, 11) is -3.01. The molecule has 1 fully saturated rings. The van der Waals surface area contributed by atoms with Crippen LogP contribution in [-0.4, -0.2) is 91.9 Å². The van der Waals surface area contributed by atoms with E-state index in [2.05, 4.69) is 25.4 Å². The zero-order chi connectivity index (χ0) is 36.1. The number of aryl methyl sites for hydroxylation is 1. The number of nitrogens with one attached hydrogen (secondary N) is 2. The van der Waals surface area contributed by atoms with Gasteiger partial charge in [-0.25, -0.2) is 24.0 Å². The fourth-order valence-electron chi connectivity index (χ4n) is 5.16. The van der Waals surface area contributed by atoms with Gasteiger partial charge in [-0.3, -0.25) is 23.2 Å². The molecule has 1 amide bonds. The van der Waals surface area contributed by atoms with Gasteiger partial charge in [-0.1, -0.05) is 13.8 Å². The normalized spacial score (nSPS) is 22.7. The van der Waals surface area contributed by atoms with Crippen LogP contribution < -0.4 is 15.1 Å². The van der Waals surface area contributed by atoms with Gasteiger partial charge in [0.25, 0.3) is 0 Å². The Hall–Kier alpha value is -3.57. The highest BCUT2D eigenvalue weighted by Gasteiger charge is 2.54. The molecular formula is C31H44FN6O10P. The third-order valence-electron chi connectivity index (χ3n) is 7.49. The smallest absolute Gasteiger partial charge is 0.406 e. The first kappa shape index (κ1) is 38.2. The van der Waals surface area contributed by atoms with Crippen molar-refractivity contribution in [2.75, 3.05) is 25.6 Å². The number of amides is 1. The van der Waals surface area contributed by atoms with Crippen LogP contribution in [0.4, 0.5) is 10.1 Å². The Balaban J connectivity index is 1.53. The molecule has 16 nitrogen and oxygen atoms in total. The van der Waals surface area contributed by atoms with E-state index in [9.17, 15) is 28.8 Å². The molecule has 0 aliphatic carbocycles. The van der Waals surface area contributed by atoms with Crippen LogP contribution in [0.2, 0.25) is 0 Å². The van der Waals surface area contributed by atoms with Crippen molar-refractivity contribution in [2.45, 2.75) is 90.6 Å². The number of carbonyl (C=O) groups excluding carboxylic acids is 2. The first-order chi connectivity index (χ1) is 23.0. The Kier molecular flexibility index (Phi) is 12.5. The van der Waals surface area contributed by atoms with Crippen LogP contribution in [-0.2, 0) is 32.7 Å². The maximum absolute atomic E-state index is 14.2. The summed E-state index contributed by atoms with van der Waals surface area (Å²) in [6.45, 7) is 9.08. The predicted molar refractivity (Wildman–Crippen MR) is 174 cm³/mol. The summed E-state index contributed by atoms with van der Waals surface area (Å²) in [4.78, 5) is 38.4. The highest BCUT2D eigenvalue weighted by molar-refractivity contribution is 7.51. The first-order valence-electron chi connectivity index (χ1n) is 15.8. The lowest BCUT2D eigenvalue weighted by Crippen LogP contribution is -2.44. The highest BCUT2D eigenvalue weighted by atomic mass is 31.2. The van der Waals surface area contributed by atoms with Crippen LogP contribution in [0.1, 0.15) is 59.5 Å². The van der Waals surface area contributed by atoms with Crippen molar-refractivity contribution in [3.8, 4) is 5.88 Å². The topological polar surface area (TPSA) is 205 Å². The number of aliphatic hydroxyl groups excluding tert-OH is 1. The molecule has 1 aliphatic rings. The number of aromatic nitrogens is 4. The summed E-state index contributed by atoms with van der Waals surface area (Å²) in [6.07, 6.45) is -3.23. The van der Waals surface area contributed by atoms with E-state index in [-0.39, 0.29) is 30.3 Å². The summed E-state index contributed by atoms with van der Waals surface area (Å²) in [5, 5.41) is 27.8. The number of halogens is 1. The molecule has 1 saturated heterocycles. The minimum atomic E-state index is -4.44. The number of hydrogen-bond acceptors (Lipinski definition) is 13. The Bertz CT molecular complexity index is 1650. The zero-order valence-corrected chi connectivity index (χ0v) is 29.3. The molecule has 0 bridgehead atoms. The largest absolute Gasteiger partial charge is 0.479 e. The third kappa shape index (κ3) is 9.57. The van der Waals surface area contributed by atoms with E-state index < -0.39 is 74.8 Å².